The molecule has 0 atom stereocenters. The van der Waals surface area contributed by atoms with Gasteiger partial charge in [0.05, 0.1) is 12.7 Å². The van der Waals surface area contributed by atoms with Gasteiger partial charge in [-0.25, -0.2) is 4.79 Å². The van der Waals surface area contributed by atoms with Gasteiger partial charge in [-0.1, -0.05) is 35.0 Å². The van der Waals surface area contributed by atoms with E-state index >= 15 is 0 Å². The number of halogens is 1. The number of hydrogen-bond acceptors (Lipinski definition) is 3. The van der Waals surface area contributed by atoms with Crippen molar-refractivity contribution in [3.63, 3.8) is 0 Å². The Hall–Kier alpha value is -2.27. The molecule has 1 aromatic heterocycles. The number of nitrogens with zero attached hydrogens (tertiary/aromatic N) is 2. The number of ether oxygens (including phenoxy) is 1. The average Bonchev–Trinajstić information content (AvgIpc) is 2.54. The van der Waals surface area contributed by atoms with Crippen molar-refractivity contribution in [2.75, 3.05) is 7.11 Å². The topological polar surface area (TPSA) is 43.1 Å². The molecule has 5 heteroatoms. The zero-order valence-electron chi connectivity index (χ0n) is 12.1. The first-order valence-electron chi connectivity index (χ1n) is 6.69. The van der Waals surface area contributed by atoms with Gasteiger partial charge in [-0.2, -0.15) is 0 Å². The predicted octanol–water partition coefficient (Wildman–Crippen LogP) is -0.639. The number of rotatable bonds is 3. The Kier molecular flexibility index (Phi) is 5.22. The molecule has 0 amide bonds. The van der Waals surface area contributed by atoms with Gasteiger partial charge in [0, 0.05) is 22.1 Å². The summed E-state index contributed by atoms with van der Waals surface area (Å²) in [5.41, 5.74) is 2.51. The lowest BCUT2D eigenvalue weighted by atomic mass is 10.1. The third kappa shape index (κ3) is 3.49. The molecule has 0 radical (unpaired) electrons. The fraction of sp³-hybridized carbons (Fsp3) is 0.118. The summed E-state index contributed by atoms with van der Waals surface area (Å²) in [5, 5.41) is 5.67. The van der Waals surface area contributed by atoms with Crippen molar-refractivity contribution in [2.45, 2.75) is 6.54 Å². The van der Waals surface area contributed by atoms with Crippen molar-refractivity contribution in [2.24, 2.45) is 0 Å². The van der Waals surface area contributed by atoms with E-state index in [1.165, 1.54) is 7.11 Å². The lowest BCUT2D eigenvalue weighted by Gasteiger charge is -2.01. The van der Waals surface area contributed by atoms with Gasteiger partial charge in [-0.3, -0.25) is 0 Å². The summed E-state index contributed by atoms with van der Waals surface area (Å²) in [6.07, 6.45) is 1.94. The Morgan fingerprint density at radius 1 is 1.14 bits per heavy atom. The smallest absolute Gasteiger partial charge is 0.337 e. The molecule has 0 aliphatic carbocycles. The van der Waals surface area contributed by atoms with Crippen molar-refractivity contribution in [1.29, 1.82) is 0 Å². The number of aromatic nitrogens is 2. The standard InChI is InChI=1S/C17H15N2O2.BrH/c1-21-17(20)15-7-4-5-13(11-15)12-19-10-9-14-6-2-3-8-16(14)18-19;/h2-11H,12H2,1H3;1H/q+1;/p-1. The monoisotopic (exact) mass is 358 g/mol. The summed E-state index contributed by atoms with van der Waals surface area (Å²) in [4.78, 5) is 11.5. The number of hydrogen-bond donors (Lipinski definition) is 0. The van der Waals surface area contributed by atoms with Gasteiger partial charge >= 0.3 is 5.97 Å². The van der Waals surface area contributed by atoms with Crippen LogP contribution in [0.1, 0.15) is 15.9 Å². The van der Waals surface area contributed by atoms with Crippen molar-refractivity contribution in [3.8, 4) is 0 Å². The molecule has 3 rings (SSSR count). The highest BCUT2D eigenvalue weighted by molar-refractivity contribution is 5.89. The van der Waals surface area contributed by atoms with Crippen LogP contribution in [0.2, 0.25) is 0 Å². The minimum absolute atomic E-state index is 0. The van der Waals surface area contributed by atoms with Gasteiger partial charge in [-0.05, 0) is 18.2 Å². The lowest BCUT2D eigenvalue weighted by Crippen LogP contribution is -3.00. The number of fused-ring (bicyclic) bond motifs is 1. The van der Waals surface area contributed by atoms with Crippen molar-refractivity contribution < 1.29 is 31.2 Å². The maximum absolute atomic E-state index is 11.5. The van der Waals surface area contributed by atoms with Gasteiger partial charge in [-0.15, -0.1) is 0 Å². The molecule has 1 heterocycles. The molecule has 22 heavy (non-hydrogen) atoms. The van der Waals surface area contributed by atoms with Crippen LogP contribution in [0.15, 0.2) is 60.8 Å². The first kappa shape index (κ1) is 16.1. The summed E-state index contributed by atoms with van der Waals surface area (Å²) in [5.74, 6) is -0.326. The van der Waals surface area contributed by atoms with E-state index in [2.05, 4.69) is 5.10 Å². The third-order valence-electron chi connectivity index (χ3n) is 3.29. The molecule has 0 aliphatic heterocycles. The summed E-state index contributed by atoms with van der Waals surface area (Å²) in [6, 6.07) is 17.4. The van der Waals surface area contributed by atoms with Crippen LogP contribution >= 0.6 is 0 Å². The van der Waals surface area contributed by atoms with Gasteiger partial charge < -0.3 is 21.7 Å². The zero-order chi connectivity index (χ0) is 14.7. The summed E-state index contributed by atoms with van der Waals surface area (Å²) in [7, 11) is 1.38. The maximum atomic E-state index is 11.5. The summed E-state index contributed by atoms with van der Waals surface area (Å²) < 4.78 is 6.60. The van der Waals surface area contributed by atoms with Gasteiger partial charge in [0.1, 0.15) is 5.52 Å². The van der Waals surface area contributed by atoms with E-state index in [-0.39, 0.29) is 23.0 Å². The van der Waals surface area contributed by atoms with E-state index in [1.807, 2.05) is 59.4 Å². The molecule has 4 nitrogen and oxygen atoms in total. The summed E-state index contributed by atoms with van der Waals surface area (Å²) >= 11 is 0. The van der Waals surface area contributed by atoms with E-state index in [9.17, 15) is 4.79 Å². The van der Waals surface area contributed by atoms with Crippen LogP contribution in [0.4, 0.5) is 0 Å². The SMILES string of the molecule is COC(=O)c1cccc(C[n+]2ccc3ccccc3n2)c1.[Br-]. The van der Waals surface area contributed by atoms with E-state index < -0.39 is 0 Å². The van der Waals surface area contributed by atoms with Crippen LogP contribution in [0.5, 0.6) is 0 Å². The molecule has 3 aromatic rings. The average molecular weight is 359 g/mol. The highest BCUT2D eigenvalue weighted by Gasteiger charge is 2.10. The predicted molar refractivity (Wildman–Crippen MR) is 78.8 cm³/mol. The first-order valence-corrected chi connectivity index (χ1v) is 6.69. The second-order valence-corrected chi connectivity index (χ2v) is 4.76. The van der Waals surface area contributed by atoms with Crippen molar-refractivity contribution in [1.82, 2.24) is 5.10 Å². The first-order chi connectivity index (χ1) is 10.3. The van der Waals surface area contributed by atoms with Gasteiger partial charge in [0.25, 0.3) is 0 Å². The molecular weight excluding hydrogens is 344 g/mol. The van der Waals surface area contributed by atoms with Crippen LogP contribution in [0.3, 0.4) is 0 Å². The van der Waals surface area contributed by atoms with E-state index in [4.69, 9.17) is 4.74 Å². The number of methoxy groups -OCH3 is 1. The van der Waals surface area contributed by atoms with Crippen LogP contribution in [0, 0.1) is 0 Å². The van der Waals surface area contributed by atoms with Crippen molar-refractivity contribution >= 4 is 16.9 Å². The highest BCUT2D eigenvalue weighted by Crippen LogP contribution is 2.09. The number of carbonyl (C=O) groups excluding carboxylic acids is 1. The second kappa shape index (κ2) is 7.13. The number of esters is 1. The van der Waals surface area contributed by atoms with Crippen LogP contribution < -0.4 is 21.7 Å². The van der Waals surface area contributed by atoms with E-state index in [1.54, 1.807) is 6.07 Å². The normalized spacial score (nSPS) is 10.0. The molecule has 0 fully saturated rings. The Labute approximate surface area is 139 Å². The highest BCUT2D eigenvalue weighted by atomic mass is 79.9. The Morgan fingerprint density at radius 2 is 1.95 bits per heavy atom. The van der Waals surface area contributed by atoms with Crippen LogP contribution in [-0.2, 0) is 11.3 Å². The molecule has 0 bridgehead atoms. The number of benzene rings is 2. The fourth-order valence-electron chi connectivity index (χ4n) is 2.25. The maximum Gasteiger partial charge on any atom is 0.337 e. The quantitative estimate of drug-likeness (QED) is 0.462. The molecule has 0 saturated heterocycles. The minimum atomic E-state index is -0.326. The van der Waals surface area contributed by atoms with Crippen molar-refractivity contribution in [3.05, 3.63) is 71.9 Å². The molecule has 0 aliphatic rings. The fourth-order valence-corrected chi connectivity index (χ4v) is 2.25. The summed E-state index contributed by atoms with van der Waals surface area (Å²) in [6.45, 7) is 0.607. The van der Waals surface area contributed by atoms with Gasteiger partial charge in [0.15, 0.2) is 12.7 Å². The molecule has 0 spiro atoms. The molecule has 0 saturated carbocycles. The molecule has 2 aromatic carbocycles. The van der Waals surface area contributed by atoms with E-state index in [0.29, 0.717) is 12.1 Å². The zero-order valence-corrected chi connectivity index (χ0v) is 13.7. The van der Waals surface area contributed by atoms with Crippen LogP contribution in [-0.4, -0.2) is 18.2 Å². The molecule has 0 unspecified atom stereocenters. The third-order valence-corrected chi connectivity index (χ3v) is 3.29. The lowest BCUT2D eigenvalue weighted by molar-refractivity contribution is -0.743. The second-order valence-electron chi connectivity index (χ2n) is 4.76. The Bertz CT molecular complexity index is 805. The Morgan fingerprint density at radius 3 is 2.77 bits per heavy atom. The number of carbonyl (C=O) groups is 1. The van der Waals surface area contributed by atoms with Crippen LogP contribution in [0.25, 0.3) is 10.9 Å². The molecule has 112 valence electrons. The Balaban J connectivity index is 0.00000176. The largest absolute Gasteiger partial charge is 1.00 e. The molecule has 0 N–H and O–H groups in total. The van der Waals surface area contributed by atoms with Gasteiger partial charge in [0.2, 0.25) is 0 Å². The molecular formula is C17H15BrN2O2. The minimum Gasteiger partial charge on any atom is -1.00 e. The van der Waals surface area contributed by atoms with E-state index in [0.717, 1.165) is 16.5 Å².